The maximum Gasteiger partial charge on any atom is 0.170 e. The lowest BCUT2D eigenvalue weighted by molar-refractivity contribution is 0.0974. The van der Waals surface area contributed by atoms with Crippen molar-refractivity contribution >= 4 is 5.78 Å². The molecule has 0 bridgehead atoms. The molecule has 0 aliphatic rings. The van der Waals surface area contributed by atoms with E-state index in [0.29, 0.717) is 31.1 Å². The number of ether oxygens (including phenoxy) is 2. The van der Waals surface area contributed by atoms with E-state index in [1.165, 1.54) is 6.07 Å². The zero-order valence-corrected chi connectivity index (χ0v) is 13.3. The minimum absolute atomic E-state index is 0.0649. The van der Waals surface area contributed by atoms with E-state index in [0.717, 1.165) is 25.7 Å². The number of hydrogen-bond acceptors (Lipinski definition) is 4. The van der Waals surface area contributed by atoms with Crippen LogP contribution in [0.1, 0.15) is 63.2 Å². The second kappa shape index (κ2) is 9.27. The average molecular weight is 294 g/mol. The molecule has 4 nitrogen and oxygen atoms in total. The predicted octanol–water partition coefficient (Wildman–Crippen LogP) is 4.34. The highest BCUT2D eigenvalue weighted by Gasteiger charge is 2.19. The summed E-state index contributed by atoms with van der Waals surface area (Å²) in [5.41, 5.74) is 0.275. The Bertz CT molecular complexity index is 454. The molecule has 0 saturated carbocycles. The van der Waals surface area contributed by atoms with Crippen molar-refractivity contribution in [3.63, 3.8) is 0 Å². The Balaban J connectivity index is 2.99. The van der Waals surface area contributed by atoms with Gasteiger partial charge >= 0.3 is 0 Å². The first-order valence-electron chi connectivity index (χ1n) is 7.79. The number of Topliss-reactive ketones (excluding diaryl/α,β-unsaturated/α-hetero) is 1. The van der Waals surface area contributed by atoms with Gasteiger partial charge in [0.2, 0.25) is 0 Å². The summed E-state index contributed by atoms with van der Waals surface area (Å²) in [6, 6.07) is 3.17. The third kappa shape index (κ3) is 5.29. The Morgan fingerprint density at radius 3 is 2.48 bits per heavy atom. The number of phenolic OH excluding ortho intramolecular Hbond substituents is 1. The van der Waals surface area contributed by atoms with Crippen LogP contribution < -0.4 is 9.47 Å². The van der Waals surface area contributed by atoms with Crippen LogP contribution in [0.3, 0.4) is 0 Å². The van der Waals surface area contributed by atoms with Crippen LogP contribution in [-0.4, -0.2) is 24.1 Å². The van der Waals surface area contributed by atoms with Gasteiger partial charge in [-0.1, -0.05) is 26.7 Å². The second-order valence-electron chi connectivity index (χ2n) is 4.98. The number of hydrogen-bond donors (Lipinski definition) is 1. The van der Waals surface area contributed by atoms with Crippen LogP contribution in [0, 0.1) is 0 Å². The highest BCUT2D eigenvalue weighted by atomic mass is 16.5. The molecule has 0 aromatic heterocycles. The van der Waals surface area contributed by atoms with Crippen LogP contribution >= 0.6 is 0 Å². The summed E-state index contributed by atoms with van der Waals surface area (Å²) >= 11 is 0. The summed E-state index contributed by atoms with van der Waals surface area (Å²) in [5.74, 6) is 0.787. The van der Waals surface area contributed by atoms with E-state index in [1.54, 1.807) is 6.07 Å². The van der Waals surface area contributed by atoms with Gasteiger partial charge in [0.1, 0.15) is 22.8 Å². The molecular formula is C17H26O4. The Kier molecular flexibility index (Phi) is 7.65. The predicted molar refractivity (Wildman–Crippen MR) is 83.5 cm³/mol. The summed E-state index contributed by atoms with van der Waals surface area (Å²) in [6.45, 7) is 6.96. The lowest BCUT2D eigenvalue weighted by atomic mass is 10.0. The minimum Gasteiger partial charge on any atom is -0.507 e. The van der Waals surface area contributed by atoms with Gasteiger partial charge in [-0.05, 0) is 19.8 Å². The van der Waals surface area contributed by atoms with E-state index in [-0.39, 0.29) is 17.1 Å². The molecule has 0 spiro atoms. The SMILES string of the molecule is CCCCCOc1cc(OCC)cc(O)c1C(=O)CCC. The Morgan fingerprint density at radius 2 is 1.86 bits per heavy atom. The van der Waals surface area contributed by atoms with E-state index in [2.05, 4.69) is 6.92 Å². The van der Waals surface area contributed by atoms with Gasteiger partial charge in [0.05, 0.1) is 13.2 Å². The summed E-state index contributed by atoms with van der Waals surface area (Å²) < 4.78 is 11.1. The van der Waals surface area contributed by atoms with Crippen LogP contribution in [0.4, 0.5) is 0 Å². The molecule has 0 amide bonds. The minimum atomic E-state index is -0.0939. The van der Waals surface area contributed by atoms with Crippen LogP contribution in [-0.2, 0) is 0 Å². The maximum atomic E-state index is 12.2. The van der Waals surface area contributed by atoms with Gasteiger partial charge in [0, 0.05) is 18.6 Å². The molecule has 4 heteroatoms. The zero-order valence-electron chi connectivity index (χ0n) is 13.3. The number of carbonyl (C=O) groups excluding carboxylic acids is 1. The molecule has 0 heterocycles. The number of aromatic hydroxyl groups is 1. The fourth-order valence-electron chi connectivity index (χ4n) is 2.11. The third-order valence-corrected chi connectivity index (χ3v) is 3.13. The largest absolute Gasteiger partial charge is 0.507 e. The molecule has 1 aromatic rings. The van der Waals surface area contributed by atoms with Gasteiger partial charge in [0.25, 0.3) is 0 Å². The van der Waals surface area contributed by atoms with Crippen LogP contribution in [0.2, 0.25) is 0 Å². The standard InChI is InChI=1S/C17H26O4/c1-4-7-8-10-21-16-12-13(20-6-3)11-15(19)17(16)14(18)9-5-2/h11-12,19H,4-10H2,1-3H3. The zero-order chi connectivity index (χ0) is 15.7. The summed E-state index contributed by atoms with van der Waals surface area (Å²) in [6.07, 6.45) is 4.25. The molecule has 1 rings (SSSR count). The highest BCUT2D eigenvalue weighted by Crippen LogP contribution is 2.34. The lowest BCUT2D eigenvalue weighted by Gasteiger charge is -2.14. The fourth-order valence-corrected chi connectivity index (χ4v) is 2.11. The normalized spacial score (nSPS) is 10.4. The third-order valence-electron chi connectivity index (χ3n) is 3.13. The van der Waals surface area contributed by atoms with E-state index in [4.69, 9.17) is 9.47 Å². The molecule has 0 atom stereocenters. The second-order valence-corrected chi connectivity index (χ2v) is 4.98. The monoisotopic (exact) mass is 294 g/mol. The number of carbonyl (C=O) groups is 1. The van der Waals surface area contributed by atoms with Gasteiger partial charge in [-0.2, -0.15) is 0 Å². The van der Waals surface area contributed by atoms with Gasteiger partial charge in [-0.15, -0.1) is 0 Å². The summed E-state index contributed by atoms with van der Waals surface area (Å²) in [4.78, 5) is 12.2. The molecule has 21 heavy (non-hydrogen) atoms. The Hall–Kier alpha value is -1.71. The van der Waals surface area contributed by atoms with Gasteiger partial charge in [0.15, 0.2) is 5.78 Å². The summed E-state index contributed by atoms with van der Waals surface area (Å²) in [5, 5.41) is 10.1. The van der Waals surface area contributed by atoms with E-state index in [9.17, 15) is 9.90 Å². The Labute approximate surface area is 127 Å². The molecule has 0 fully saturated rings. The fraction of sp³-hybridized carbons (Fsp3) is 0.588. The molecule has 0 radical (unpaired) electrons. The number of benzene rings is 1. The lowest BCUT2D eigenvalue weighted by Crippen LogP contribution is -2.06. The van der Waals surface area contributed by atoms with Crippen molar-refractivity contribution in [1.29, 1.82) is 0 Å². The van der Waals surface area contributed by atoms with Crippen LogP contribution in [0.15, 0.2) is 12.1 Å². The highest BCUT2D eigenvalue weighted by molar-refractivity contribution is 6.01. The topological polar surface area (TPSA) is 55.8 Å². The first-order chi connectivity index (χ1) is 10.1. The van der Waals surface area contributed by atoms with Crippen molar-refractivity contribution in [3.8, 4) is 17.2 Å². The van der Waals surface area contributed by atoms with Gasteiger partial charge < -0.3 is 14.6 Å². The number of ketones is 1. The van der Waals surface area contributed by atoms with E-state index < -0.39 is 0 Å². The molecule has 1 aromatic carbocycles. The molecule has 0 saturated heterocycles. The average Bonchev–Trinajstić information content (AvgIpc) is 2.44. The molecular weight excluding hydrogens is 268 g/mol. The number of phenols is 1. The number of rotatable bonds is 10. The molecule has 0 aliphatic carbocycles. The smallest absolute Gasteiger partial charge is 0.170 e. The maximum absolute atomic E-state index is 12.2. The van der Waals surface area contributed by atoms with Crippen LogP contribution in [0.5, 0.6) is 17.2 Å². The van der Waals surface area contributed by atoms with Gasteiger partial charge in [-0.25, -0.2) is 0 Å². The number of unbranched alkanes of at least 4 members (excludes halogenated alkanes) is 2. The molecule has 118 valence electrons. The van der Waals surface area contributed by atoms with Crippen molar-refractivity contribution in [2.75, 3.05) is 13.2 Å². The van der Waals surface area contributed by atoms with Crippen molar-refractivity contribution in [1.82, 2.24) is 0 Å². The first-order valence-corrected chi connectivity index (χ1v) is 7.79. The Morgan fingerprint density at radius 1 is 1.10 bits per heavy atom. The van der Waals surface area contributed by atoms with Crippen molar-refractivity contribution in [2.45, 2.75) is 52.9 Å². The molecule has 0 unspecified atom stereocenters. The van der Waals surface area contributed by atoms with Crippen molar-refractivity contribution < 1.29 is 19.4 Å². The van der Waals surface area contributed by atoms with Gasteiger partial charge in [-0.3, -0.25) is 4.79 Å². The molecule has 1 N–H and O–H groups in total. The quantitative estimate of drug-likeness (QED) is 0.515. The van der Waals surface area contributed by atoms with Crippen molar-refractivity contribution in [3.05, 3.63) is 17.7 Å². The summed E-state index contributed by atoms with van der Waals surface area (Å²) in [7, 11) is 0. The van der Waals surface area contributed by atoms with Crippen molar-refractivity contribution in [2.24, 2.45) is 0 Å². The van der Waals surface area contributed by atoms with E-state index in [1.807, 2.05) is 13.8 Å². The first kappa shape index (κ1) is 17.3. The van der Waals surface area contributed by atoms with Crippen LogP contribution in [0.25, 0.3) is 0 Å². The van der Waals surface area contributed by atoms with E-state index >= 15 is 0 Å². The molecule has 0 aliphatic heterocycles.